The van der Waals surface area contributed by atoms with Gasteiger partial charge in [-0.05, 0) is 41.1 Å². The molecule has 8 nitrogen and oxygen atoms in total. The van der Waals surface area contributed by atoms with Gasteiger partial charge in [-0.1, -0.05) is 18.2 Å². The molecule has 0 saturated heterocycles. The lowest BCUT2D eigenvalue weighted by Gasteiger charge is -2.20. The number of ether oxygens (including phenoxy) is 1. The van der Waals surface area contributed by atoms with Crippen LogP contribution in [0.4, 0.5) is 13.2 Å². The molecule has 4 rings (SSSR count). The maximum absolute atomic E-state index is 14.0. The van der Waals surface area contributed by atoms with Crippen LogP contribution in [0.1, 0.15) is 29.2 Å². The van der Waals surface area contributed by atoms with Gasteiger partial charge in [-0.15, -0.1) is 0 Å². The first-order valence-corrected chi connectivity index (χ1v) is 9.26. The van der Waals surface area contributed by atoms with Crippen molar-refractivity contribution in [3.63, 3.8) is 0 Å². The van der Waals surface area contributed by atoms with Gasteiger partial charge in [0.1, 0.15) is 5.75 Å². The number of nitrogens with two attached hydrogens (primary N) is 1. The average molecular weight is 433 g/mol. The van der Waals surface area contributed by atoms with Crippen LogP contribution in [-0.2, 0) is 24.5 Å². The van der Waals surface area contributed by atoms with E-state index in [4.69, 9.17) is 15.5 Å². The third-order valence-corrected chi connectivity index (χ3v) is 5.13. The van der Waals surface area contributed by atoms with Gasteiger partial charge in [-0.25, -0.2) is 4.79 Å². The Balaban J connectivity index is 2.06. The van der Waals surface area contributed by atoms with Crippen LogP contribution in [0.3, 0.4) is 0 Å². The van der Waals surface area contributed by atoms with Gasteiger partial charge in [0.15, 0.2) is 5.76 Å². The lowest BCUT2D eigenvalue weighted by atomic mass is 9.93. The van der Waals surface area contributed by atoms with Gasteiger partial charge in [-0.2, -0.15) is 28.4 Å². The number of halogens is 3. The van der Waals surface area contributed by atoms with E-state index in [1.807, 2.05) is 0 Å². The molecule has 0 spiro atoms. The largest absolute Gasteiger partial charge is 0.493 e. The summed E-state index contributed by atoms with van der Waals surface area (Å²) in [6.45, 7) is 2.07. The molecule has 0 amide bonds. The molecule has 1 aliphatic rings. The van der Waals surface area contributed by atoms with E-state index in [0.717, 1.165) is 21.0 Å². The second-order valence-corrected chi connectivity index (χ2v) is 6.95. The van der Waals surface area contributed by atoms with Crippen molar-refractivity contribution in [3.05, 3.63) is 69.1 Å². The number of aryl methyl sites for hydroxylation is 1. The first kappa shape index (κ1) is 20.7. The fraction of sp³-hybridized carbons (Fsp3) is 0.250. The summed E-state index contributed by atoms with van der Waals surface area (Å²) < 4.78 is 49.1. The maximum Gasteiger partial charge on any atom is 0.417 e. The number of allylic oxidation sites excluding steroid dienone is 1. The molecular formula is C20H18F3N5O3. The highest BCUT2D eigenvalue weighted by molar-refractivity contribution is 5.91. The number of fused-ring (bicyclic) bond motifs is 1. The van der Waals surface area contributed by atoms with E-state index < -0.39 is 23.0 Å². The summed E-state index contributed by atoms with van der Waals surface area (Å²) in [5.74, 6) is 5.93. The fourth-order valence-corrected chi connectivity index (χ4v) is 3.69. The Labute approximate surface area is 174 Å². The van der Waals surface area contributed by atoms with E-state index in [9.17, 15) is 18.0 Å². The average Bonchev–Trinajstić information content (AvgIpc) is 3.34. The third-order valence-electron chi connectivity index (χ3n) is 5.13. The fourth-order valence-electron chi connectivity index (χ4n) is 3.69. The lowest BCUT2D eigenvalue weighted by molar-refractivity contribution is -0.137. The zero-order valence-corrected chi connectivity index (χ0v) is 16.6. The number of tetrazole rings is 1. The topological polar surface area (TPSA) is 97.2 Å². The SMILES string of the molecule is C/C(=C(\ON)c1c(-n2nnn(C)c2=O)cccc1C(F)(F)F)c1cccc2c1CCO2. The van der Waals surface area contributed by atoms with Gasteiger partial charge in [0.2, 0.25) is 0 Å². The standard InChI is InChI=1S/C20H18F3N5O3/c1-11(12-5-3-8-16-13(12)9-10-30-16)18(31-24)17-14(20(21,22)23)6-4-7-15(17)28-19(29)27(2)25-26-28/h3-8H,9-10,24H2,1-2H3/b18-11+. The highest BCUT2D eigenvalue weighted by Crippen LogP contribution is 2.41. The predicted molar refractivity (Wildman–Crippen MR) is 105 cm³/mol. The van der Waals surface area contributed by atoms with Crippen LogP contribution >= 0.6 is 0 Å². The van der Waals surface area contributed by atoms with Crippen molar-refractivity contribution in [2.75, 3.05) is 6.61 Å². The molecule has 0 unspecified atom stereocenters. The quantitative estimate of drug-likeness (QED) is 0.386. The Hall–Kier alpha value is -3.60. The number of benzene rings is 2. The molecule has 0 radical (unpaired) electrons. The molecule has 2 N–H and O–H groups in total. The van der Waals surface area contributed by atoms with Crippen molar-refractivity contribution in [2.45, 2.75) is 19.5 Å². The Kier molecular flexibility index (Phi) is 5.05. The van der Waals surface area contributed by atoms with Crippen LogP contribution < -0.4 is 16.3 Å². The monoisotopic (exact) mass is 433 g/mol. The summed E-state index contributed by atoms with van der Waals surface area (Å²) >= 11 is 0. The molecule has 31 heavy (non-hydrogen) atoms. The summed E-state index contributed by atoms with van der Waals surface area (Å²) in [6, 6.07) is 8.68. The van der Waals surface area contributed by atoms with Crippen LogP contribution in [-0.4, -0.2) is 26.4 Å². The number of nitrogens with zero attached hydrogens (tertiary/aromatic N) is 4. The smallest absolute Gasteiger partial charge is 0.417 e. The molecule has 0 atom stereocenters. The first-order valence-electron chi connectivity index (χ1n) is 9.26. The molecule has 3 aromatic rings. The molecule has 0 bridgehead atoms. The summed E-state index contributed by atoms with van der Waals surface area (Å²) in [6.07, 6.45) is -4.15. The Morgan fingerprint density at radius 2 is 1.94 bits per heavy atom. The molecule has 11 heteroatoms. The van der Waals surface area contributed by atoms with Crippen molar-refractivity contribution in [1.29, 1.82) is 0 Å². The lowest BCUT2D eigenvalue weighted by Crippen LogP contribution is -2.24. The van der Waals surface area contributed by atoms with E-state index in [1.165, 1.54) is 19.2 Å². The Morgan fingerprint density at radius 1 is 1.19 bits per heavy atom. The number of hydrogen-bond acceptors (Lipinski definition) is 6. The summed E-state index contributed by atoms with van der Waals surface area (Å²) in [5, 5.41) is 7.28. The molecule has 0 fully saturated rings. The van der Waals surface area contributed by atoms with Crippen molar-refractivity contribution in [1.82, 2.24) is 19.8 Å². The molecule has 0 aliphatic carbocycles. The number of aromatic nitrogens is 4. The second-order valence-electron chi connectivity index (χ2n) is 6.95. The van der Waals surface area contributed by atoms with E-state index in [-0.39, 0.29) is 11.4 Å². The number of hydrogen-bond donors (Lipinski definition) is 1. The molecule has 1 aliphatic heterocycles. The van der Waals surface area contributed by atoms with Gasteiger partial charge in [0, 0.05) is 24.6 Å². The van der Waals surface area contributed by atoms with E-state index in [0.29, 0.717) is 29.9 Å². The van der Waals surface area contributed by atoms with E-state index >= 15 is 0 Å². The molecular weight excluding hydrogens is 415 g/mol. The predicted octanol–water partition coefficient (Wildman–Crippen LogP) is 2.70. The molecule has 0 saturated carbocycles. The molecule has 2 aromatic carbocycles. The minimum atomic E-state index is -4.75. The summed E-state index contributed by atoms with van der Waals surface area (Å²) in [5.41, 5.74) is -0.456. The third kappa shape index (κ3) is 3.46. The second kappa shape index (κ2) is 7.58. The van der Waals surface area contributed by atoms with Crippen LogP contribution in [0.5, 0.6) is 5.75 Å². The number of rotatable bonds is 4. The van der Waals surface area contributed by atoms with Crippen molar-refractivity contribution >= 4 is 11.3 Å². The first-order chi connectivity index (χ1) is 14.7. The minimum absolute atomic E-state index is 0.156. The van der Waals surface area contributed by atoms with Crippen LogP contribution in [0, 0.1) is 0 Å². The zero-order chi connectivity index (χ0) is 22.3. The van der Waals surface area contributed by atoms with Gasteiger partial charge in [0.25, 0.3) is 0 Å². The normalized spacial score (nSPS) is 14.1. The zero-order valence-electron chi connectivity index (χ0n) is 16.6. The van der Waals surface area contributed by atoms with Crippen molar-refractivity contribution in [2.24, 2.45) is 12.9 Å². The molecule has 1 aromatic heterocycles. The van der Waals surface area contributed by atoms with E-state index in [1.54, 1.807) is 25.1 Å². The van der Waals surface area contributed by atoms with Gasteiger partial charge < -0.3 is 9.57 Å². The number of alkyl halides is 3. The van der Waals surface area contributed by atoms with Crippen LogP contribution in [0.25, 0.3) is 17.0 Å². The van der Waals surface area contributed by atoms with Crippen molar-refractivity contribution in [3.8, 4) is 11.4 Å². The maximum atomic E-state index is 14.0. The van der Waals surface area contributed by atoms with Gasteiger partial charge >= 0.3 is 11.9 Å². The van der Waals surface area contributed by atoms with Gasteiger partial charge in [-0.3, -0.25) is 0 Å². The van der Waals surface area contributed by atoms with Crippen molar-refractivity contribution < 1.29 is 22.7 Å². The Morgan fingerprint density at radius 3 is 2.58 bits per heavy atom. The van der Waals surface area contributed by atoms with Crippen LogP contribution in [0.15, 0.2) is 41.2 Å². The minimum Gasteiger partial charge on any atom is -0.493 e. The summed E-state index contributed by atoms with van der Waals surface area (Å²) in [7, 11) is 1.34. The Bertz CT molecular complexity index is 1240. The summed E-state index contributed by atoms with van der Waals surface area (Å²) in [4.78, 5) is 17.4. The van der Waals surface area contributed by atoms with E-state index in [2.05, 4.69) is 10.4 Å². The van der Waals surface area contributed by atoms with Gasteiger partial charge in [0.05, 0.1) is 23.4 Å². The van der Waals surface area contributed by atoms with Crippen LogP contribution in [0.2, 0.25) is 0 Å². The molecule has 162 valence electrons. The molecule has 2 heterocycles. The highest BCUT2D eigenvalue weighted by Gasteiger charge is 2.37. The highest BCUT2D eigenvalue weighted by atomic mass is 19.4.